The van der Waals surface area contributed by atoms with Gasteiger partial charge in [0.15, 0.2) is 6.61 Å². The topological polar surface area (TPSA) is 58.6 Å². The van der Waals surface area contributed by atoms with E-state index in [0.29, 0.717) is 22.3 Å². The van der Waals surface area contributed by atoms with E-state index in [0.717, 1.165) is 16.5 Å². The summed E-state index contributed by atoms with van der Waals surface area (Å²) in [7, 11) is 0. The highest BCUT2D eigenvalue weighted by molar-refractivity contribution is 9.10. The summed E-state index contributed by atoms with van der Waals surface area (Å²) in [5.74, 6) is -0.133. The fourth-order valence-electron chi connectivity index (χ4n) is 2.58. The first-order valence-corrected chi connectivity index (χ1v) is 10.8. The Morgan fingerprint density at radius 3 is 2.48 bits per heavy atom. The minimum absolute atomic E-state index is 0.212. The lowest BCUT2D eigenvalue weighted by molar-refractivity contribution is -0.142. The van der Waals surface area contributed by atoms with E-state index in [-0.39, 0.29) is 25.0 Å². The van der Waals surface area contributed by atoms with Gasteiger partial charge in [0.25, 0.3) is 5.91 Å². The summed E-state index contributed by atoms with van der Waals surface area (Å²) in [5, 5.41) is 3.83. The second-order valence-electron chi connectivity index (χ2n) is 6.48. The van der Waals surface area contributed by atoms with Gasteiger partial charge in [0.05, 0.1) is 5.02 Å². The van der Waals surface area contributed by atoms with Crippen LogP contribution < -0.4 is 10.1 Å². The first-order chi connectivity index (χ1) is 13.8. The summed E-state index contributed by atoms with van der Waals surface area (Å²) >= 11 is 15.4. The molecule has 0 heterocycles. The largest absolute Gasteiger partial charge is 0.482 e. The molecule has 156 valence electrons. The van der Waals surface area contributed by atoms with Crippen LogP contribution in [0, 0.1) is 0 Å². The Hall–Kier alpha value is -1.76. The molecule has 1 atom stereocenters. The van der Waals surface area contributed by atoms with Crippen LogP contribution in [0.3, 0.4) is 0 Å². The van der Waals surface area contributed by atoms with Crippen molar-refractivity contribution in [3.05, 3.63) is 62.5 Å². The molecule has 2 aromatic carbocycles. The number of halogens is 3. The molecular formula is C21H23BrCl2N2O3. The average Bonchev–Trinajstić information content (AvgIpc) is 2.70. The summed E-state index contributed by atoms with van der Waals surface area (Å²) in [6.45, 7) is 4.24. The molecule has 1 N–H and O–H groups in total. The Kier molecular flexibility index (Phi) is 9.27. The number of carbonyl (C=O) groups is 2. The Morgan fingerprint density at radius 2 is 1.86 bits per heavy atom. The van der Waals surface area contributed by atoms with Gasteiger partial charge in [-0.2, -0.15) is 0 Å². The molecule has 0 aliphatic rings. The van der Waals surface area contributed by atoms with Crippen molar-refractivity contribution in [3.8, 4) is 5.75 Å². The van der Waals surface area contributed by atoms with Crippen LogP contribution in [0.4, 0.5) is 0 Å². The van der Waals surface area contributed by atoms with Gasteiger partial charge in [0.2, 0.25) is 5.91 Å². The van der Waals surface area contributed by atoms with E-state index >= 15 is 0 Å². The smallest absolute Gasteiger partial charge is 0.261 e. The van der Waals surface area contributed by atoms with Crippen LogP contribution in [0.15, 0.2) is 46.9 Å². The van der Waals surface area contributed by atoms with E-state index in [1.165, 1.54) is 4.90 Å². The van der Waals surface area contributed by atoms with E-state index < -0.39 is 6.04 Å². The molecule has 0 saturated carbocycles. The molecule has 0 aromatic heterocycles. The van der Waals surface area contributed by atoms with E-state index in [1.807, 2.05) is 19.1 Å². The van der Waals surface area contributed by atoms with E-state index in [9.17, 15) is 9.59 Å². The third-order valence-electron chi connectivity index (χ3n) is 4.23. The van der Waals surface area contributed by atoms with E-state index in [2.05, 4.69) is 21.2 Å². The van der Waals surface area contributed by atoms with Gasteiger partial charge < -0.3 is 15.0 Å². The quantitative estimate of drug-likeness (QED) is 0.521. The van der Waals surface area contributed by atoms with Crippen LogP contribution in [0.5, 0.6) is 5.75 Å². The molecule has 0 saturated heterocycles. The Balaban J connectivity index is 2.14. The third kappa shape index (κ3) is 7.21. The number of nitrogens with one attached hydrogen (secondary N) is 1. The third-order valence-corrected chi connectivity index (χ3v) is 5.27. The minimum atomic E-state index is -0.659. The fraction of sp³-hybridized carbons (Fsp3) is 0.333. The van der Waals surface area contributed by atoms with Crippen LogP contribution in [0.25, 0.3) is 0 Å². The molecule has 0 bridgehead atoms. The Morgan fingerprint density at radius 1 is 1.17 bits per heavy atom. The van der Waals surface area contributed by atoms with Crippen LogP contribution in [0.2, 0.25) is 10.0 Å². The highest BCUT2D eigenvalue weighted by Gasteiger charge is 2.26. The molecule has 0 aliphatic carbocycles. The zero-order valence-corrected chi connectivity index (χ0v) is 19.4. The van der Waals surface area contributed by atoms with E-state index in [1.54, 1.807) is 37.3 Å². The molecule has 5 nitrogen and oxygen atoms in total. The highest BCUT2D eigenvalue weighted by atomic mass is 79.9. The van der Waals surface area contributed by atoms with Crippen molar-refractivity contribution in [1.82, 2.24) is 10.2 Å². The highest BCUT2D eigenvalue weighted by Crippen LogP contribution is 2.27. The number of nitrogens with zero attached hydrogens (tertiary/aromatic N) is 1. The Bertz CT molecular complexity index is 846. The molecule has 8 heteroatoms. The first-order valence-electron chi connectivity index (χ1n) is 9.21. The van der Waals surface area contributed by atoms with Gasteiger partial charge in [0.1, 0.15) is 11.8 Å². The SMILES string of the molecule is CCCNC(=O)[C@H](C)N(Cc1ccc(Cl)cc1)C(=O)COc1ccc(Br)cc1Cl. The molecule has 0 radical (unpaired) electrons. The molecule has 0 fully saturated rings. The summed E-state index contributed by atoms with van der Waals surface area (Å²) in [4.78, 5) is 26.9. The zero-order chi connectivity index (χ0) is 21.4. The van der Waals surface area contributed by atoms with E-state index in [4.69, 9.17) is 27.9 Å². The number of ether oxygens (including phenoxy) is 1. The number of amides is 2. The van der Waals surface area contributed by atoms with Crippen molar-refractivity contribution in [3.63, 3.8) is 0 Å². The van der Waals surface area contributed by atoms with Crippen LogP contribution in [-0.4, -0.2) is 35.9 Å². The summed E-state index contributed by atoms with van der Waals surface area (Å²) < 4.78 is 6.42. The maximum Gasteiger partial charge on any atom is 0.261 e. The van der Waals surface area contributed by atoms with Gasteiger partial charge in [-0.3, -0.25) is 9.59 Å². The summed E-state index contributed by atoms with van der Waals surface area (Å²) in [6, 6.07) is 11.6. The molecule has 29 heavy (non-hydrogen) atoms. The number of benzene rings is 2. The van der Waals surface area contributed by atoms with Gasteiger partial charge in [-0.25, -0.2) is 0 Å². The normalized spacial score (nSPS) is 11.6. The van der Waals surface area contributed by atoms with Gasteiger partial charge in [-0.05, 0) is 49.2 Å². The number of rotatable bonds is 9. The van der Waals surface area contributed by atoms with Gasteiger partial charge in [0, 0.05) is 22.6 Å². The average molecular weight is 502 g/mol. The van der Waals surface area contributed by atoms with Crippen LogP contribution >= 0.6 is 39.1 Å². The number of carbonyl (C=O) groups excluding carboxylic acids is 2. The number of hydrogen-bond acceptors (Lipinski definition) is 3. The molecule has 0 aliphatic heterocycles. The van der Waals surface area contributed by atoms with Crippen molar-refractivity contribution >= 4 is 50.9 Å². The molecular weight excluding hydrogens is 479 g/mol. The summed E-state index contributed by atoms with van der Waals surface area (Å²) in [6.07, 6.45) is 0.814. The van der Waals surface area contributed by atoms with Gasteiger partial charge in [-0.15, -0.1) is 0 Å². The maximum atomic E-state index is 12.9. The summed E-state index contributed by atoms with van der Waals surface area (Å²) in [5.41, 5.74) is 0.861. The fourth-order valence-corrected chi connectivity index (χ4v) is 3.43. The van der Waals surface area contributed by atoms with Crippen LogP contribution in [0.1, 0.15) is 25.8 Å². The predicted octanol–water partition coefficient (Wildman–Crippen LogP) is 5.08. The van der Waals surface area contributed by atoms with Crippen molar-refractivity contribution in [2.45, 2.75) is 32.9 Å². The predicted molar refractivity (Wildman–Crippen MR) is 119 cm³/mol. The van der Waals surface area contributed by atoms with Crippen molar-refractivity contribution in [2.24, 2.45) is 0 Å². The van der Waals surface area contributed by atoms with Gasteiger partial charge in [-0.1, -0.05) is 58.2 Å². The molecule has 2 amide bonds. The second-order valence-corrected chi connectivity index (χ2v) is 8.24. The maximum absolute atomic E-state index is 12.9. The first kappa shape index (κ1) is 23.5. The second kappa shape index (κ2) is 11.4. The molecule has 0 unspecified atom stereocenters. The standard InChI is InChI=1S/C21H23BrCl2N2O3/c1-3-10-25-21(28)14(2)26(12-15-4-7-17(23)8-5-15)20(27)13-29-19-9-6-16(22)11-18(19)24/h4-9,11,14H,3,10,12-13H2,1-2H3,(H,25,28)/t14-/m0/s1. The molecule has 2 rings (SSSR count). The monoisotopic (exact) mass is 500 g/mol. The number of hydrogen-bond donors (Lipinski definition) is 1. The lowest BCUT2D eigenvalue weighted by Crippen LogP contribution is -2.49. The minimum Gasteiger partial charge on any atom is -0.482 e. The Labute approximate surface area is 189 Å². The zero-order valence-electron chi connectivity index (χ0n) is 16.3. The van der Waals surface area contributed by atoms with Crippen LogP contribution in [-0.2, 0) is 16.1 Å². The lowest BCUT2D eigenvalue weighted by Gasteiger charge is -2.28. The lowest BCUT2D eigenvalue weighted by atomic mass is 10.1. The van der Waals surface area contributed by atoms with Crippen molar-refractivity contribution < 1.29 is 14.3 Å². The molecule has 0 spiro atoms. The van der Waals surface area contributed by atoms with Crippen molar-refractivity contribution in [1.29, 1.82) is 0 Å². The van der Waals surface area contributed by atoms with Gasteiger partial charge >= 0.3 is 0 Å². The molecule has 2 aromatic rings. The van der Waals surface area contributed by atoms with Crippen molar-refractivity contribution in [2.75, 3.05) is 13.2 Å².